The Kier molecular flexibility index (Phi) is 2.91. The van der Waals surface area contributed by atoms with Crippen molar-refractivity contribution < 1.29 is 9.94 Å². The molecule has 0 saturated heterocycles. The van der Waals surface area contributed by atoms with Crippen LogP contribution in [-0.2, 0) is 4.84 Å². The Balaban J connectivity index is 2.95. The first-order chi connectivity index (χ1) is 3.13. The first-order valence-electron chi connectivity index (χ1n) is 2.15. The van der Waals surface area contributed by atoms with Gasteiger partial charge in [-0.2, -0.15) is 5.06 Å². The van der Waals surface area contributed by atoms with Gasteiger partial charge in [0.1, 0.15) is 0 Å². The van der Waals surface area contributed by atoms with Crippen LogP contribution >= 0.6 is 0 Å². The van der Waals surface area contributed by atoms with E-state index in [1.165, 1.54) is 5.06 Å². The average molecular weight is 105 g/mol. The van der Waals surface area contributed by atoms with Gasteiger partial charge in [0.2, 0.25) is 0 Å². The Labute approximate surface area is 43.5 Å². The molecule has 0 aliphatic carbocycles. The van der Waals surface area contributed by atoms with Crippen molar-refractivity contribution in [1.29, 1.82) is 0 Å². The summed E-state index contributed by atoms with van der Waals surface area (Å²) in [4.78, 5) is 4.64. The van der Waals surface area contributed by atoms with Crippen LogP contribution in [0.15, 0.2) is 0 Å². The van der Waals surface area contributed by atoms with E-state index in [9.17, 15) is 0 Å². The summed E-state index contributed by atoms with van der Waals surface area (Å²) >= 11 is 0. The maximum atomic E-state index is 8.46. The molecule has 0 aromatic rings. The molecule has 0 aliphatic rings. The standard InChI is InChI=1S/C4H11NO2/c1-4(6)7-5(2)3/h4,6H,1-3H3. The zero-order valence-electron chi connectivity index (χ0n) is 4.88. The molecule has 0 rings (SSSR count). The molecule has 0 aromatic carbocycles. The minimum atomic E-state index is -0.699. The zero-order valence-corrected chi connectivity index (χ0v) is 4.88. The number of rotatable bonds is 2. The fraction of sp³-hybridized carbons (Fsp3) is 1.00. The number of hydrogen-bond acceptors (Lipinski definition) is 3. The minimum absolute atomic E-state index is 0.699. The molecule has 1 atom stereocenters. The van der Waals surface area contributed by atoms with Crippen LogP contribution in [0.25, 0.3) is 0 Å². The van der Waals surface area contributed by atoms with Crippen LogP contribution in [-0.4, -0.2) is 30.6 Å². The SMILES string of the molecule is CC(O)ON(C)C. The van der Waals surface area contributed by atoms with E-state index in [1.54, 1.807) is 21.0 Å². The third-order valence-corrected chi connectivity index (χ3v) is 0.363. The second-order valence-electron chi connectivity index (χ2n) is 1.52. The highest BCUT2D eigenvalue weighted by Gasteiger charge is 1.93. The Morgan fingerprint density at radius 3 is 2.00 bits per heavy atom. The lowest BCUT2D eigenvalue weighted by Gasteiger charge is -2.11. The zero-order chi connectivity index (χ0) is 5.86. The minimum Gasteiger partial charge on any atom is -0.367 e. The normalized spacial score (nSPS) is 15.0. The monoisotopic (exact) mass is 105 g/mol. The molecule has 44 valence electrons. The summed E-state index contributed by atoms with van der Waals surface area (Å²) in [6.45, 7) is 1.56. The van der Waals surface area contributed by atoms with E-state index in [2.05, 4.69) is 4.84 Å². The summed E-state index contributed by atoms with van der Waals surface area (Å²) in [5, 5.41) is 9.91. The molecule has 0 bridgehead atoms. The third kappa shape index (κ3) is 5.88. The van der Waals surface area contributed by atoms with Crippen LogP contribution in [0.5, 0.6) is 0 Å². The highest BCUT2D eigenvalue weighted by Crippen LogP contribution is 1.83. The lowest BCUT2D eigenvalue weighted by Crippen LogP contribution is -2.19. The van der Waals surface area contributed by atoms with Crippen LogP contribution in [0.4, 0.5) is 0 Å². The number of aliphatic hydroxyl groups is 1. The van der Waals surface area contributed by atoms with Crippen molar-refractivity contribution in [2.24, 2.45) is 0 Å². The van der Waals surface area contributed by atoms with Crippen molar-refractivity contribution in [3.8, 4) is 0 Å². The number of nitrogens with zero attached hydrogens (tertiary/aromatic N) is 1. The number of aliphatic hydroxyl groups excluding tert-OH is 1. The summed E-state index contributed by atoms with van der Waals surface area (Å²) < 4.78 is 0. The molecule has 0 fully saturated rings. The summed E-state index contributed by atoms with van der Waals surface area (Å²) in [6.07, 6.45) is -0.699. The molecule has 7 heavy (non-hydrogen) atoms. The predicted molar refractivity (Wildman–Crippen MR) is 26.5 cm³/mol. The Morgan fingerprint density at radius 1 is 1.57 bits per heavy atom. The van der Waals surface area contributed by atoms with E-state index in [0.29, 0.717) is 0 Å². The van der Waals surface area contributed by atoms with E-state index in [4.69, 9.17) is 5.11 Å². The van der Waals surface area contributed by atoms with Gasteiger partial charge in [-0.1, -0.05) is 0 Å². The van der Waals surface area contributed by atoms with Gasteiger partial charge in [0.15, 0.2) is 6.29 Å². The molecular weight excluding hydrogens is 94.0 g/mol. The highest BCUT2D eigenvalue weighted by atomic mass is 16.7. The molecule has 0 saturated carbocycles. The lowest BCUT2D eigenvalue weighted by molar-refractivity contribution is -0.232. The molecule has 0 aliphatic heterocycles. The smallest absolute Gasteiger partial charge is 0.171 e. The van der Waals surface area contributed by atoms with Crippen molar-refractivity contribution >= 4 is 0 Å². The molecule has 0 aromatic heterocycles. The van der Waals surface area contributed by atoms with E-state index in [-0.39, 0.29) is 0 Å². The lowest BCUT2D eigenvalue weighted by atomic mass is 10.8. The van der Waals surface area contributed by atoms with Crippen molar-refractivity contribution in [3.05, 3.63) is 0 Å². The maximum Gasteiger partial charge on any atom is 0.171 e. The molecule has 1 unspecified atom stereocenters. The van der Waals surface area contributed by atoms with Crippen LogP contribution in [0.3, 0.4) is 0 Å². The second-order valence-corrected chi connectivity index (χ2v) is 1.52. The van der Waals surface area contributed by atoms with Gasteiger partial charge >= 0.3 is 0 Å². The summed E-state index contributed by atoms with van der Waals surface area (Å²) in [5.74, 6) is 0. The Morgan fingerprint density at radius 2 is 2.00 bits per heavy atom. The van der Waals surface area contributed by atoms with E-state index >= 15 is 0 Å². The van der Waals surface area contributed by atoms with Gasteiger partial charge in [-0.3, -0.25) is 4.84 Å². The average Bonchev–Trinajstić information content (AvgIpc) is 1.27. The first-order valence-corrected chi connectivity index (χ1v) is 2.15. The van der Waals surface area contributed by atoms with Crippen LogP contribution in [0.2, 0.25) is 0 Å². The van der Waals surface area contributed by atoms with E-state index in [0.717, 1.165) is 0 Å². The van der Waals surface area contributed by atoms with Gasteiger partial charge in [-0.25, -0.2) is 0 Å². The molecule has 0 spiro atoms. The summed E-state index contributed by atoms with van der Waals surface area (Å²) in [6, 6.07) is 0. The van der Waals surface area contributed by atoms with Crippen molar-refractivity contribution in [1.82, 2.24) is 5.06 Å². The van der Waals surface area contributed by atoms with Gasteiger partial charge in [0.05, 0.1) is 0 Å². The van der Waals surface area contributed by atoms with Crippen LogP contribution < -0.4 is 0 Å². The van der Waals surface area contributed by atoms with Crippen molar-refractivity contribution in [2.75, 3.05) is 14.1 Å². The fourth-order valence-electron chi connectivity index (χ4n) is 0.305. The molecule has 0 amide bonds. The Hall–Kier alpha value is -0.120. The number of hydrogen-bond donors (Lipinski definition) is 1. The van der Waals surface area contributed by atoms with Gasteiger partial charge < -0.3 is 5.11 Å². The second kappa shape index (κ2) is 2.96. The van der Waals surface area contributed by atoms with Crippen LogP contribution in [0.1, 0.15) is 6.92 Å². The summed E-state index contributed by atoms with van der Waals surface area (Å²) in [5.41, 5.74) is 0. The molecule has 3 nitrogen and oxygen atoms in total. The molecule has 0 heterocycles. The predicted octanol–water partition coefficient (Wildman–Crippen LogP) is -0.182. The number of hydroxylamine groups is 2. The first kappa shape index (κ1) is 6.88. The van der Waals surface area contributed by atoms with Gasteiger partial charge in [-0.05, 0) is 6.92 Å². The summed E-state index contributed by atoms with van der Waals surface area (Å²) in [7, 11) is 3.43. The largest absolute Gasteiger partial charge is 0.367 e. The van der Waals surface area contributed by atoms with Crippen LogP contribution in [0, 0.1) is 0 Å². The fourth-order valence-corrected chi connectivity index (χ4v) is 0.305. The van der Waals surface area contributed by atoms with E-state index < -0.39 is 6.29 Å². The van der Waals surface area contributed by atoms with Gasteiger partial charge in [0, 0.05) is 14.1 Å². The molecule has 3 heteroatoms. The Bertz CT molecular complexity index is 39.0. The molecular formula is C4H11NO2. The highest BCUT2D eigenvalue weighted by molar-refractivity contribution is 4.16. The van der Waals surface area contributed by atoms with Gasteiger partial charge in [-0.15, -0.1) is 0 Å². The van der Waals surface area contributed by atoms with Gasteiger partial charge in [0.25, 0.3) is 0 Å². The quantitative estimate of drug-likeness (QED) is 0.390. The topological polar surface area (TPSA) is 32.7 Å². The van der Waals surface area contributed by atoms with Crippen molar-refractivity contribution in [2.45, 2.75) is 13.2 Å². The third-order valence-electron chi connectivity index (χ3n) is 0.363. The molecule has 1 N–H and O–H groups in total. The maximum absolute atomic E-state index is 8.46. The van der Waals surface area contributed by atoms with Crippen molar-refractivity contribution in [3.63, 3.8) is 0 Å². The van der Waals surface area contributed by atoms with E-state index in [1.807, 2.05) is 0 Å². The molecule has 0 radical (unpaired) electrons.